The summed E-state index contributed by atoms with van der Waals surface area (Å²) in [5.41, 5.74) is 4.79. The number of hydrogen-bond acceptors (Lipinski definition) is 4. The third-order valence-electron chi connectivity index (χ3n) is 4.13. The lowest BCUT2D eigenvalue weighted by Gasteiger charge is -2.09. The van der Waals surface area contributed by atoms with E-state index in [4.69, 9.17) is 9.72 Å². The topological polar surface area (TPSA) is 52.8 Å². The van der Waals surface area contributed by atoms with Crippen molar-refractivity contribution in [3.63, 3.8) is 0 Å². The molecule has 124 valence electrons. The number of allylic oxidation sites excluding steroid dienone is 2. The largest absolute Gasteiger partial charge is 0.463 e. The highest BCUT2D eigenvalue weighted by Crippen LogP contribution is 2.27. The van der Waals surface area contributed by atoms with Crippen LogP contribution in [0.15, 0.2) is 73.0 Å². The van der Waals surface area contributed by atoms with Crippen molar-refractivity contribution >= 4 is 5.76 Å². The van der Waals surface area contributed by atoms with Crippen LogP contribution in [0, 0.1) is 0 Å². The second-order valence-corrected chi connectivity index (χ2v) is 5.93. The molecule has 0 spiro atoms. The van der Waals surface area contributed by atoms with Crippen LogP contribution < -0.4 is 0 Å². The van der Waals surface area contributed by atoms with Crippen LogP contribution in [0.5, 0.6) is 0 Å². The summed E-state index contributed by atoms with van der Waals surface area (Å²) in [4.78, 5) is 8.91. The Balaban J connectivity index is 1.69. The van der Waals surface area contributed by atoms with Crippen LogP contribution in [-0.2, 0) is 4.74 Å². The average molecular weight is 330 g/mol. The van der Waals surface area contributed by atoms with Gasteiger partial charge < -0.3 is 4.74 Å². The minimum absolute atomic E-state index is 0.843. The molecule has 0 amide bonds. The number of rotatable bonds is 3. The molecule has 5 heteroatoms. The Hall–Kier alpha value is -3.21. The monoisotopic (exact) mass is 330 g/mol. The zero-order chi connectivity index (χ0) is 17.1. The summed E-state index contributed by atoms with van der Waals surface area (Å²) in [6, 6.07) is 9.82. The first kappa shape index (κ1) is 15.3. The van der Waals surface area contributed by atoms with Crippen LogP contribution in [0.25, 0.3) is 22.7 Å². The Kier molecular flexibility index (Phi) is 4.12. The van der Waals surface area contributed by atoms with Crippen LogP contribution >= 0.6 is 0 Å². The molecule has 0 aliphatic carbocycles. The molecule has 3 aromatic heterocycles. The molecule has 5 nitrogen and oxygen atoms in total. The highest BCUT2D eigenvalue weighted by molar-refractivity contribution is 5.65. The summed E-state index contributed by atoms with van der Waals surface area (Å²) in [6.07, 6.45) is 13.1. The van der Waals surface area contributed by atoms with Gasteiger partial charge in [-0.1, -0.05) is 6.07 Å². The predicted octanol–water partition coefficient (Wildman–Crippen LogP) is 4.38. The second kappa shape index (κ2) is 6.73. The van der Waals surface area contributed by atoms with Gasteiger partial charge in [0.2, 0.25) is 0 Å². The van der Waals surface area contributed by atoms with Gasteiger partial charge >= 0.3 is 0 Å². The van der Waals surface area contributed by atoms with E-state index in [2.05, 4.69) is 17.0 Å². The van der Waals surface area contributed by atoms with Gasteiger partial charge in [-0.3, -0.25) is 4.98 Å². The summed E-state index contributed by atoms with van der Waals surface area (Å²) in [6.45, 7) is 2.09. The van der Waals surface area contributed by atoms with Gasteiger partial charge in [0.05, 0.1) is 30.0 Å². The van der Waals surface area contributed by atoms with Crippen molar-refractivity contribution in [1.29, 1.82) is 0 Å². The van der Waals surface area contributed by atoms with E-state index >= 15 is 0 Å². The van der Waals surface area contributed by atoms with E-state index in [1.54, 1.807) is 23.3 Å². The molecule has 25 heavy (non-hydrogen) atoms. The maximum atomic E-state index is 5.77. The minimum Gasteiger partial charge on any atom is -0.463 e. The number of hydrogen-bond donors (Lipinski definition) is 0. The maximum absolute atomic E-state index is 5.77. The van der Waals surface area contributed by atoms with Crippen molar-refractivity contribution in [3.05, 3.63) is 78.7 Å². The molecule has 0 fully saturated rings. The first-order chi connectivity index (χ1) is 12.3. The molecule has 1 aliphatic heterocycles. The number of nitrogens with zero attached hydrogens (tertiary/aromatic N) is 4. The Labute approximate surface area is 146 Å². The fourth-order valence-corrected chi connectivity index (χ4v) is 2.78. The van der Waals surface area contributed by atoms with Gasteiger partial charge in [-0.2, -0.15) is 5.10 Å². The smallest absolute Gasteiger partial charge is 0.151 e. The third-order valence-corrected chi connectivity index (χ3v) is 4.13. The summed E-state index contributed by atoms with van der Waals surface area (Å²) < 4.78 is 7.57. The third kappa shape index (κ3) is 3.21. The van der Waals surface area contributed by atoms with Crippen LogP contribution in [0.1, 0.15) is 25.5 Å². The van der Waals surface area contributed by atoms with E-state index in [0.717, 1.165) is 41.2 Å². The van der Waals surface area contributed by atoms with E-state index in [9.17, 15) is 0 Å². The fraction of sp³-hybridized carbons (Fsp3) is 0.150. The Bertz CT molecular complexity index is 941. The molecule has 0 N–H and O–H groups in total. The molecular weight excluding hydrogens is 312 g/mol. The molecule has 0 bridgehead atoms. The Morgan fingerprint density at radius 2 is 2.00 bits per heavy atom. The molecule has 4 heterocycles. The lowest BCUT2D eigenvalue weighted by molar-refractivity contribution is 0.432. The zero-order valence-electron chi connectivity index (χ0n) is 14.0. The summed E-state index contributed by atoms with van der Waals surface area (Å²) in [5, 5.41) is 4.42. The highest BCUT2D eigenvalue weighted by Gasteiger charge is 2.12. The molecule has 0 saturated heterocycles. The standard InChI is InChI=1S/C20H18N4O/c1-15-6-2-3-11-25-20(15)19-9-4-8-18(23-19)16-12-22-24(14-16)17-7-5-10-21-13-17/h3-5,7-14H,2,6H2,1H3. The van der Waals surface area contributed by atoms with Crippen molar-refractivity contribution < 1.29 is 4.74 Å². The van der Waals surface area contributed by atoms with Gasteiger partial charge in [0.15, 0.2) is 5.76 Å². The zero-order valence-corrected chi connectivity index (χ0v) is 14.0. The van der Waals surface area contributed by atoms with Gasteiger partial charge in [0, 0.05) is 18.0 Å². The van der Waals surface area contributed by atoms with Crippen molar-refractivity contribution in [1.82, 2.24) is 19.7 Å². The lowest BCUT2D eigenvalue weighted by atomic mass is 10.1. The lowest BCUT2D eigenvalue weighted by Crippen LogP contribution is -1.96. The number of pyridine rings is 2. The van der Waals surface area contributed by atoms with E-state index in [-0.39, 0.29) is 0 Å². The molecular formula is C20H18N4O. The number of ether oxygens (including phenoxy) is 1. The highest BCUT2D eigenvalue weighted by atomic mass is 16.5. The fourth-order valence-electron chi connectivity index (χ4n) is 2.78. The van der Waals surface area contributed by atoms with Gasteiger partial charge in [-0.25, -0.2) is 9.67 Å². The molecule has 3 aromatic rings. The van der Waals surface area contributed by atoms with E-state index < -0.39 is 0 Å². The summed E-state index contributed by atoms with van der Waals surface area (Å²) in [7, 11) is 0. The van der Waals surface area contributed by atoms with Gasteiger partial charge in [-0.15, -0.1) is 0 Å². The molecule has 1 aliphatic rings. The van der Waals surface area contributed by atoms with Crippen LogP contribution in [0.2, 0.25) is 0 Å². The Morgan fingerprint density at radius 3 is 2.88 bits per heavy atom. The first-order valence-electron chi connectivity index (χ1n) is 8.25. The molecule has 0 aromatic carbocycles. The van der Waals surface area contributed by atoms with Crippen molar-refractivity contribution in [2.75, 3.05) is 0 Å². The van der Waals surface area contributed by atoms with E-state index in [1.165, 1.54) is 5.57 Å². The van der Waals surface area contributed by atoms with Gasteiger partial charge in [-0.05, 0) is 55.7 Å². The van der Waals surface area contributed by atoms with E-state index in [0.29, 0.717) is 0 Å². The van der Waals surface area contributed by atoms with Crippen molar-refractivity contribution in [3.8, 4) is 16.9 Å². The van der Waals surface area contributed by atoms with E-state index in [1.807, 2.05) is 48.8 Å². The SMILES string of the molecule is CC1=C(c2cccc(-c3cnn(-c4cccnc4)c3)n2)OC=CCC1. The quantitative estimate of drug-likeness (QED) is 0.715. The summed E-state index contributed by atoms with van der Waals surface area (Å²) >= 11 is 0. The normalized spacial score (nSPS) is 14.3. The molecule has 0 radical (unpaired) electrons. The van der Waals surface area contributed by atoms with Crippen molar-refractivity contribution in [2.45, 2.75) is 19.8 Å². The summed E-state index contributed by atoms with van der Waals surface area (Å²) in [5.74, 6) is 0.843. The molecule has 0 unspecified atom stereocenters. The van der Waals surface area contributed by atoms with Crippen LogP contribution in [0.4, 0.5) is 0 Å². The molecule has 0 atom stereocenters. The number of aromatic nitrogens is 4. The second-order valence-electron chi connectivity index (χ2n) is 5.93. The Morgan fingerprint density at radius 1 is 1.08 bits per heavy atom. The van der Waals surface area contributed by atoms with Gasteiger partial charge in [0.25, 0.3) is 0 Å². The van der Waals surface area contributed by atoms with Crippen LogP contribution in [-0.4, -0.2) is 19.7 Å². The van der Waals surface area contributed by atoms with Crippen LogP contribution in [0.3, 0.4) is 0 Å². The van der Waals surface area contributed by atoms with Crippen molar-refractivity contribution in [2.24, 2.45) is 0 Å². The average Bonchev–Trinajstić information content (AvgIpc) is 3.06. The predicted molar refractivity (Wildman–Crippen MR) is 96.6 cm³/mol. The first-order valence-corrected chi connectivity index (χ1v) is 8.25. The minimum atomic E-state index is 0.843. The molecule has 4 rings (SSSR count). The molecule has 0 saturated carbocycles. The maximum Gasteiger partial charge on any atom is 0.151 e. The van der Waals surface area contributed by atoms with Gasteiger partial charge in [0.1, 0.15) is 5.69 Å².